The summed E-state index contributed by atoms with van der Waals surface area (Å²) < 4.78 is 70.0. The zero-order chi connectivity index (χ0) is 36.7. The molecule has 1 amide bonds. The van der Waals surface area contributed by atoms with Gasteiger partial charge in [-0.2, -0.15) is 13.2 Å². The van der Waals surface area contributed by atoms with Crippen molar-refractivity contribution in [2.45, 2.75) is 22.5 Å². The second kappa shape index (κ2) is 16.5. The number of nitrogens with zero attached hydrogens (tertiary/aromatic N) is 2. The molecular weight excluding hydrogens is 729 g/mol. The van der Waals surface area contributed by atoms with Crippen LogP contribution in [-0.2, 0) is 22.7 Å². The predicted molar refractivity (Wildman–Crippen MR) is 203 cm³/mol. The van der Waals surface area contributed by atoms with Crippen LogP contribution in [0.25, 0.3) is 11.1 Å². The van der Waals surface area contributed by atoms with E-state index in [-0.39, 0.29) is 17.8 Å². The summed E-state index contributed by atoms with van der Waals surface area (Å²) in [6.45, 7) is 4.14. The van der Waals surface area contributed by atoms with Crippen molar-refractivity contribution < 1.29 is 26.4 Å². The van der Waals surface area contributed by atoms with E-state index in [1.165, 1.54) is 29.5 Å². The molecule has 7 nitrogen and oxygen atoms in total. The number of rotatable bonds is 12. The van der Waals surface area contributed by atoms with E-state index >= 15 is 0 Å². The lowest BCUT2D eigenvalue weighted by Crippen LogP contribution is -2.46. The number of thioether (sulfide) groups is 1. The molecule has 5 aromatic carbocycles. The summed E-state index contributed by atoms with van der Waals surface area (Å²) in [6, 6.07) is 34.7. The summed E-state index contributed by atoms with van der Waals surface area (Å²) in [5.41, 5.74) is 3.05. The molecule has 1 saturated heterocycles. The van der Waals surface area contributed by atoms with Gasteiger partial charge in [0, 0.05) is 71.9 Å². The minimum Gasteiger partial charge on any atom is -0.384 e. The van der Waals surface area contributed by atoms with Crippen LogP contribution in [0.4, 0.5) is 24.5 Å². The Morgan fingerprint density at radius 1 is 0.808 bits per heavy atom. The first kappa shape index (κ1) is 37.3. The topological polar surface area (TPSA) is 81.7 Å². The molecule has 0 aromatic heterocycles. The van der Waals surface area contributed by atoms with Gasteiger partial charge in [-0.05, 0) is 83.4 Å². The van der Waals surface area contributed by atoms with Crippen LogP contribution in [0.5, 0.6) is 0 Å². The zero-order valence-corrected chi connectivity index (χ0v) is 30.3. The molecule has 52 heavy (non-hydrogen) atoms. The highest BCUT2D eigenvalue weighted by atomic mass is 35.5. The van der Waals surface area contributed by atoms with E-state index < -0.39 is 32.6 Å². The number of carbonyl (C=O) groups is 1. The average molecular weight is 765 g/mol. The molecule has 1 aliphatic heterocycles. The Balaban J connectivity index is 1.04. The van der Waals surface area contributed by atoms with E-state index in [4.69, 9.17) is 11.6 Å². The summed E-state index contributed by atoms with van der Waals surface area (Å²) in [6.07, 6.45) is -4.83. The van der Waals surface area contributed by atoms with Crippen molar-refractivity contribution in [3.05, 3.63) is 143 Å². The minimum atomic E-state index is -4.83. The molecule has 13 heteroatoms. The molecule has 0 saturated carbocycles. The van der Waals surface area contributed by atoms with Gasteiger partial charge in [0.25, 0.3) is 15.9 Å². The number of carbonyl (C=O) groups excluding carboxylic acids is 1. The van der Waals surface area contributed by atoms with E-state index in [1.807, 2.05) is 71.5 Å². The molecular formula is C39H36ClF3N4O3S2. The molecule has 1 heterocycles. The van der Waals surface area contributed by atoms with Gasteiger partial charge < -0.3 is 10.2 Å². The van der Waals surface area contributed by atoms with E-state index in [1.54, 1.807) is 12.1 Å². The molecule has 5 aromatic rings. The number of piperazine rings is 1. The first-order valence-electron chi connectivity index (χ1n) is 16.6. The smallest absolute Gasteiger partial charge is 0.384 e. The Morgan fingerprint density at radius 3 is 2.17 bits per heavy atom. The van der Waals surface area contributed by atoms with Crippen LogP contribution in [0.2, 0.25) is 5.02 Å². The summed E-state index contributed by atoms with van der Waals surface area (Å²) in [5, 5.41) is 3.45. The molecule has 1 aliphatic rings. The maximum atomic E-state index is 14.0. The van der Waals surface area contributed by atoms with Crippen LogP contribution in [0.15, 0.2) is 131 Å². The molecule has 0 aliphatic carbocycles. The molecule has 6 rings (SSSR count). The Kier molecular flexibility index (Phi) is 11.8. The van der Waals surface area contributed by atoms with E-state index in [0.717, 1.165) is 66.6 Å². The standard InChI is InChI=1S/C39H36ClF3N4O3S2/c40-31-14-10-28(11-15-31)35-9-5-4-6-30(35)27-46-21-23-47(24-22-46)32-16-12-29(13-17-32)38(48)45-52(49,50)34-18-19-37(36(26-34)39(41,42)43)44-20-25-51-33-7-2-1-3-8-33/h1-19,26,44H,20-25,27H2,(H,45,48). The van der Waals surface area contributed by atoms with Crippen molar-refractivity contribution in [3.63, 3.8) is 0 Å². The number of nitrogens with one attached hydrogen (secondary N) is 2. The fraction of sp³-hybridized carbons (Fsp3) is 0.205. The molecule has 0 spiro atoms. The molecule has 0 unspecified atom stereocenters. The predicted octanol–water partition coefficient (Wildman–Crippen LogP) is 8.67. The average Bonchev–Trinajstić information content (AvgIpc) is 3.14. The van der Waals surface area contributed by atoms with Crippen molar-refractivity contribution in [1.29, 1.82) is 0 Å². The Hall–Kier alpha value is -4.49. The van der Waals surface area contributed by atoms with E-state index in [0.29, 0.717) is 16.8 Å². The second-order valence-corrected chi connectivity index (χ2v) is 15.5. The monoisotopic (exact) mass is 764 g/mol. The third-order valence-electron chi connectivity index (χ3n) is 8.70. The molecule has 1 fully saturated rings. The van der Waals surface area contributed by atoms with Crippen LogP contribution in [0.1, 0.15) is 21.5 Å². The van der Waals surface area contributed by atoms with Crippen molar-refractivity contribution in [1.82, 2.24) is 9.62 Å². The summed E-state index contributed by atoms with van der Waals surface area (Å²) in [5.74, 6) is -0.447. The van der Waals surface area contributed by atoms with Crippen molar-refractivity contribution >= 4 is 50.7 Å². The molecule has 0 bridgehead atoms. The van der Waals surface area contributed by atoms with Crippen LogP contribution >= 0.6 is 23.4 Å². The quantitative estimate of drug-likeness (QED) is 0.0973. The van der Waals surface area contributed by atoms with Gasteiger partial charge >= 0.3 is 6.18 Å². The zero-order valence-electron chi connectivity index (χ0n) is 27.9. The summed E-state index contributed by atoms with van der Waals surface area (Å²) >= 11 is 7.57. The maximum Gasteiger partial charge on any atom is 0.418 e. The van der Waals surface area contributed by atoms with Crippen LogP contribution in [-0.4, -0.2) is 57.7 Å². The number of benzene rings is 5. The molecule has 0 radical (unpaired) electrons. The van der Waals surface area contributed by atoms with Crippen LogP contribution in [0.3, 0.4) is 0 Å². The number of anilines is 2. The number of halogens is 4. The lowest BCUT2D eigenvalue weighted by atomic mass is 9.99. The number of hydrogen-bond donors (Lipinski definition) is 2. The molecule has 2 N–H and O–H groups in total. The van der Waals surface area contributed by atoms with Gasteiger partial charge in [-0.3, -0.25) is 9.69 Å². The number of alkyl halides is 3. The number of hydrogen-bond acceptors (Lipinski definition) is 7. The van der Waals surface area contributed by atoms with Gasteiger partial charge in [0.05, 0.1) is 10.5 Å². The first-order valence-corrected chi connectivity index (χ1v) is 19.4. The second-order valence-electron chi connectivity index (χ2n) is 12.2. The fourth-order valence-corrected chi connectivity index (χ4v) is 7.90. The maximum absolute atomic E-state index is 14.0. The van der Waals surface area contributed by atoms with Crippen LogP contribution < -0.4 is 14.9 Å². The summed E-state index contributed by atoms with van der Waals surface area (Å²) in [4.78, 5) is 17.9. The minimum absolute atomic E-state index is 0.0648. The van der Waals surface area contributed by atoms with Crippen molar-refractivity contribution in [2.24, 2.45) is 0 Å². The Morgan fingerprint density at radius 2 is 1.48 bits per heavy atom. The lowest BCUT2D eigenvalue weighted by molar-refractivity contribution is -0.137. The van der Waals surface area contributed by atoms with E-state index in [9.17, 15) is 26.4 Å². The number of amides is 1. The first-order chi connectivity index (χ1) is 25.0. The highest BCUT2D eigenvalue weighted by Gasteiger charge is 2.35. The Bertz CT molecular complexity index is 2090. The molecule has 270 valence electrons. The summed E-state index contributed by atoms with van der Waals surface area (Å²) in [7, 11) is -4.61. The SMILES string of the molecule is O=C(NS(=O)(=O)c1ccc(NCCSc2ccccc2)c(C(F)(F)F)c1)c1ccc(N2CCN(Cc3ccccc3-c3ccc(Cl)cc3)CC2)cc1. The van der Waals surface area contributed by atoms with Gasteiger partial charge in [0.1, 0.15) is 0 Å². The highest BCUT2D eigenvalue weighted by molar-refractivity contribution is 7.99. The lowest BCUT2D eigenvalue weighted by Gasteiger charge is -2.36. The van der Waals surface area contributed by atoms with Crippen molar-refractivity contribution in [3.8, 4) is 11.1 Å². The van der Waals surface area contributed by atoms with Gasteiger partial charge in [-0.25, -0.2) is 13.1 Å². The molecule has 0 atom stereocenters. The van der Waals surface area contributed by atoms with Crippen LogP contribution in [0, 0.1) is 0 Å². The van der Waals surface area contributed by atoms with Crippen molar-refractivity contribution in [2.75, 3.05) is 48.7 Å². The number of sulfonamides is 1. The van der Waals surface area contributed by atoms with Gasteiger partial charge in [-0.1, -0.05) is 66.2 Å². The fourth-order valence-electron chi connectivity index (χ4n) is 5.99. The van der Waals surface area contributed by atoms with Gasteiger partial charge in [0.15, 0.2) is 0 Å². The normalized spacial score (nSPS) is 13.9. The third-order valence-corrected chi connectivity index (χ3v) is 11.3. The van der Waals surface area contributed by atoms with Gasteiger partial charge in [0.2, 0.25) is 0 Å². The highest BCUT2D eigenvalue weighted by Crippen LogP contribution is 2.36. The van der Waals surface area contributed by atoms with E-state index in [2.05, 4.69) is 27.2 Å². The van der Waals surface area contributed by atoms with Gasteiger partial charge in [-0.15, -0.1) is 11.8 Å². The Labute approximate surface area is 310 Å². The third kappa shape index (κ3) is 9.48. The largest absolute Gasteiger partial charge is 0.418 e.